The molecule has 8 nitrogen and oxygen atoms in total. The van der Waals surface area contributed by atoms with Crippen LogP contribution in [0.3, 0.4) is 0 Å². The molecule has 1 aliphatic carbocycles. The molecule has 0 saturated heterocycles. The van der Waals surface area contributed by atoms with E-state index in [-0.39, 0.29) is 11.8 Å². The molecule has 1 fully saturated rings. The molecular formula is C22H27N7OS. The van der Waals surface area contributed by atoms with Gasteiger partial charge in [-0.15, -0.1) is 0 Å². The lowest BCUT2D eigenvalue weighted by molar-refractivity contribution is -0.118. The summed E-state index contributed by atoms with van der Waals surface area (Å²) in [4.78, 5) is 26.7. The fourth-order valence-corrected chi connectivity index (χ4v) is 3.69. The van der Waals surface area contributed by atoms with E-state index >= 15 is 0 Å². The second-order valence-electron chi connectivity index (χ2n) is 8.00. The highest BCUT2D eigenvalue weighted by Gasteiger charge is 2.28. The summed E-state index contributed by atoms with van der Waals surface area (Å²) >= 11 is 1.48. The van der Waals surface area contributed by atoms with Gasteiger partial charge >= 0.3 is 0 Å². The van der Waals surface area contributed by atoms with Crippen molar-refractivity contribution in [3.05, 3.63) is 41.9 Å². The van der Waals surface area contributed by atoms with Gasteiger partial charge in [-0.1, -0.05) is 27.2 Å². The number of aryl methyl sites for hydroxylation is 1. The number of carbonyl (C=O) groups is 1. The molecule has 2 heterocycles. The van der Waals surface area contributed by atoms with Crippen molar-refractivity contribution in [2.45, 2.75) is 62.4 Å². The number of H-pyrrole nitrogens is 1. The summed E-state index contributed by atoms with van der Waals surface area (Å²) in [7, 11) is 0. The van der Waals surface area contributed by atoms with Gasteiger partial charge in [0.05, 0.1) is 0 Å². The normalized spacial score (nSPS) is 13.4. The third-order valence-electron chi connectivity index (χ3n) is 4.82. The zero-order valence-corrected chi connectivity index (χ0v) is 18.8. The molecule has 0 bridgehead atoms. The van der Waals surface area contributed by atoms with Crippen LogP contribution in [0.1, 0.15) is 57.5 Å². The highest BCUT2D eigenvalue weighted by atomic mass is 32.2. The van der Waals surface area contributed by atoms with E-state index in [1.807, 2.05) is 44.2 Å². The molecule has 9 heteroatoms. The average molecular weight is 438 g/mol. The second kappa shape index (κ2) is 9.47. The van der Waals surface area contributed by atoms with Gasteiger partial charge in [0, 0.05) is 34.2 Å². The van der Waals surface area contributed by atoms with Crippen LogP contribution in [0, 0.1) is 5.92 Å². The van der Waals surface area contributed by atoms with Crippen LogP contribution in [-0.2, 0) is 11.2 Å². The third-order valence-corrected chi connectivity index (χ3v) is 5.69. The monoisotopic (exact) mass is 437 g/mol. The smallest absolute Gasteiger partial charge is 0.232 e. The van der Waals surface area contributed by atoms with E-state index in [2.05, 4.69) is 42.7 Å². The zero-order chi connectivity index (χ0) is 21.8. The average Bonchev–Trinajstić information content (AvgIpc) is 3.51. The molecule has 1 saturated carbocycles. The van der Waals surface area contributed by atoms with Crippen molar-refractivity contribution < 1.29 is 4.79 Å². The van der Waals surface area contributed by atoms with Crippen molar-refractivity contribution in [3.63, 3.8) is 0 Å². The highest BCUT2D eigenvalue weighted by Crippen LogP contribution is 2.39. The van der Waals surface area contributed by atoms with Crippen LogP contribution in [0.2, 0.25) is 0 Å². The number of anilines is 3. The van der Waals surface area contributed by atoms with Gasteiger partial charge in [0.2, 0.25) is 11.9 Å². The fourth-order valence-electron chi connectivity index (χ4n) is 2.93. The minimum absolute atomic E-state index is 0.00289. The second-order valence-corrected chi connectivity index (χ2v) is 9.04. The number of hydrogen-bond acceptors (Lipinski definition) is 7. The van der Waals surface area contributed by atoms with Crippen molar-refractivity contribution >= 4 is 35.1 Å². The Labute approximate surface area is 186 Å². The van der Waals surface area contributed by atoms with E-state index in [0.29, 0.717) is 22.8 Å². The Morgan fingerprint density at radius 2 is 1.97 bits per heavy atom. The van der Waals surface area contributed by atoms with Crippen LogP contribution < -0.4 is 10.6 Å². The molecule has 31 heavy (non-hydrogen) atoms. The van der Waals surface area contributed by atoms with Gasteiger partial charge in [0.1, 0.15) is 5.82 Å². The van der Waals surface area contributed by atoms with Crippen LogP contribution in [0.15, 0.2) is 40.4 Å². The van der Waals surface area contributed by atoms with E-state index in [0.717, 1.165) is 47.8 Å². The summed E-state index contributed by atoms with van der Waals surface area (Å²) in [5.41, 5.74) is 1.86. The number of amides is 1. The minimum Gasteiger partial charge on any atom is -0.326 e. The number of aromatic amines is 1. The Bertz CT molecular complexity index is 1040. The Morgan fingerprint density at radius 1 is 1.19 bits per heavy atom. The summed E-state index contributed by atoms with van der Waals surface area (Å²) in [6.07, 6.45) is 4.23. The molecule has 1 aliphatic rings. The molecule has 162 valence electrons. The van der Waals surface area contributed by atoms with Gasteiger partial charge in [-0.2, -0.15) is 15.1 Å². The summed E-state index contributed by atoms with van der Waals surface area (Å²) in [6.45, 7) is 5.88. The van der Waals surface area contributed by atoms with E-state index in [1.165, 1.54) is 11.8 Å². The van der Waals surface area contributed by atoms with Crippen LogP contribution in [0.25, 0.3) is 0 Å². The van der Waals surface area contributed by atoms with Gasteiger partial charge in [-0.05, 0) is 55.3 Å². The highest BCUT2D eigenvalue weighted by molar-refractivity contribution is 7.99. The first-order chi connectivity index (χ1) is 15.0. The van der Waals surface area contributed by atoms with Crippen molar-refractivity contribution in [3.8, 4) is 0 Å². The molecule has 0 atom stereocenters. The van der Waals surface area contributed by atoms with E-state index in [1.54, 1.807) is 0 Å². The maximum atomic E-state index is 11.9. The number of carbonyl (C=O) groups excluding carboxylic acids is 1. The lowest BCUT2D eigenvalue weighted by Crippen LogP contribution is -2.17. The van der Waals surface area contributed by atoms with Crippen molar-refractivity contribution in [1.82, 2.24) is 25.1 Å². The van der Waals surface area contributed by atoms with Crippen molar-refractivity contribution in [1.29, 1.82) is 0 Å². The molecule has 0 spiro atoms. The Morgan fingerprint density at radius 3 is 2.65 bits per heavy atom. The topological polar surface area (TPSA) is 108 Å². The summed E-state index contributed by atoms with van der Waals surface area (Å²) in [6, 6.07) is 9.69. The molecule has 0 unspecified atom stereocenters. The van der Waals surface area contributed by atoms with Crippen LogP contribution in [0.5, 0.6) is 0 Å². The van der Waals surface area contributed by atoms with E-state index < -0.39 is 0 Å². The maximum absolute atomic E-state index is 11.9. The SMILES string of the molecule is CCCc1cc(Nc2nc(Sc3ccc(NC(=O)C(C)C)cc3)nc(C3CC3)n2)n[nH]1. The first-order valence-electron chi connectivity index (χ1n) is 10.7. The predicted octanol–water partition coefficient (Wildman–Crippen LogP) is 4.91. The van der Waals surface area contributed by atoms with E-state index in [4.69, 9.17) is 0 Å². The molecule has 0 aliphatic heterocycles. The molecule has 3 N–H and O–H groups in total. The molecule has 2 aromatic heterocycles. The molecule has 4 rings (SSSR count). The summed E-state index contributed by atoms with van der Waals surface area (Å²) in [5, 5.41) is 14.1. The van der Waals surface area contributed by atoms with Gasteiger partial charge in [-0.3, -0.25) is 9.89 Å². The van der Waals surface area contributed by atoms with Gasteiger partial charge in [0.15, 0.2) is 11.0 Å². The Hall–Kier alpha value is -2.94. The quantitative estimate of drug-likeness (QED) is 0.436. The first kappa shape index (κ1) is 21.3. The molecule has 0 radical (unpaired) electrons. The lowest BCUT2D eigenvalue weighted by Gasteiger charge is -2.09. The lowest BCUT2D eigenvalue weighted by atomic mass is 10.2. The Kier molecular flexibility index (Phi) is 6.50. The molecule has 1 aromatic carbocycles. The van der Waals surface area contributed by atoms with Crippen molar-refractivity contribution in [2.75, 3.05) is 10.6 Å². The third kappa shape index (κ3) is 5.81. The number of nitrogens with one attached hydrogen (secondary N) is 3. The molecule has 1 amide bonds. The Balaban J connectivity index is 1.49. The number of aromatic nitrogens is 5. The summed E-state index contributed by atoms with van der Waals surface area (Å²) < 4.78 is 0. The largest absolute Gasteiger partial charge is 0.326 e. The van der Waals surface area contributed by atoms with E-state index in [9.17, 15) is 4.79 Å². The van der Waals surface area contributed by atoms with Gasteiger partial charge in [-0.25, -0.2) is 4.98 Å². The van der Waals surface area contributed by atoms with Crippen LogP contribution in [0.4, 0.5) is 17.5 Å². The first-order valence-corrected chi connectivity index (χ1v) is 11.5. The minimum atomic E-state index is -0.0568. The number of benzene rings is 1. The zero-order valence-electron chi connectivity index (χ0n) is 18.0. The van der Waals surface area contributed by atoms with Crippen LogP contribution >= 0.6 is 11.8 Å². The van der Waals surface area contributed by atoms with Gasteiger partial charge < -0.3 is 10.6 Å². The molecular weight excluding hydrogens is 410 g/mol. The number of nitrogens with zero attached hydrogens (tertiary/aromatic N) is 4. The maximum Gasteiger partial charge on any atom is 0.232 e. The molecule has 3 aromatic rings. The van der Waals surface area contributed by atoms with Gasteiger partial charge in [0.25, 0.3) is 0 Å². The number of rotatable bonds is 9. The fraction of sp³-hybridized carbons (Fsp3) is 0.409. The van der Waals surface area contributed by atoms with Crippen molar-refractivity contribution in [2.24, 2.45) is 5.92 Å². The summed E-state index contributed by atoms with van der Waals surface area (Å²) in [5.74, 6) is 2.39. The predicted molar refractivity (Wildman–Crippen MR) is 122 cm³/mol. The number of hydrogen-bond donors (Lipinski definition) is 3. The van der Waals surface area contributed by atoms with Crippen LogP contribution in [-0.4, -0.2) is 31.1 Å². The standard InChI is InChI=1S/C22H27N7OS/c1-4-5-16-12-18(29-28-16)24-21-25-19(14-6-7-14)26-22(27-21)31-17-10-8-15(9-11-17)23-20(30)13(2)3/h8-14H,4-7H2,1-3H3,(H,23,30)(H2,24,25,26,27,28,29).